The molecule has 0 atom stereocenters. The number of likely N-dealkylation sites (tertiary alicyclic amines) is 1. The molecule has 0 aliphatic carbocycles. The molecule has 2 rings (SSSR count). The van der Waals surface area contributed by atoms with E-state index < -0.39 is 0 Å². The molecule has 0 aromatic heterocycles. The Hall–Kier alpha value is -0.570. The van der Waals surface area contributed by atoms with Crippen molar-refractivity contribution in [1.82, 2.24) is 10.2 Å². The van der Waals surface area contributed by atoms with E-state index in [0.29, 0.717) is 5.41 Å². The Labute approximate surface area is 98.6 Å². The molecule has 2 heterocycles. The van der Waals surface area contributed by atoms with Crippen LogP contribution in [0.5, 0.6) is 0 Å². The van der Waals surface area contributed by atoms with Gasteiger partial charge in [0.1, 0.15) is 0 Å². The van der Waals surface area contributed by atoms with E-state index in [1.54, 1.807) is 0 Å². The van der Waals surface area contributed by atoms with Crippen molar-refractivity contribution in [2.45, 2.75) is 52.0 Å². The summed E-state index contributed by atoms with van der Waals surface area (Å²) in [5, 5.41) is 2.94. The van der Waals surface area contributed by atoms with E-state index in [-0.39, 0.29) is 11.4 Å². The molecule has 2 aliphatic heterocycles. The fraction of sp³-hybridized carbons (Fsp3) is 0.923. The summed E-state index contributed by atoms with van der Waals surface area (Å²) in [6.45, 7) is 10.0. The van der Waals surface area contributed by atoms with Crippen molar-refractivity contribution < 1.29 is 4.79 Å². The monoisotopic (exact) mass is 224 g/mol. The van der Waals surface area contributed by atoms with Crippen LogP contribution in [-0.4, -0.2) is 36.0 Å². The standard InChI is InChI=1S/C13H24N2O/c1-12(2,3)15-8-5-13(6-9-15)4-7-14-11(16)10-13/h4-10H2,1-3H3,(H,14,16). The van der Waals surface area contributed by atoms with Gasteiger partial charge in [-0.1, -0.05) is 0 Å². The van der Waals surface area contributed by atoms with E-state index in [4.69, 9.17) is 0 Å². The number of amides is 1. The van der Waals surface area contributed by atoms with Crippen LogP contribution in [0.4, 0.5) is 0 Å². The second-order valence-corrected chi connectivity index (χ2v) is 6.43. The summed E-state index contributed by atoms with van der Waals surface area (Å²) in [5.74, 6) is 0.260. The second-order valence-electron chi connectivity index (χ2n) is 6.43. The summed E-state index contributed by atoms with van der Waals surface area (Å²) in [4.78, 5) is 14.0. The molecule has 0 unspecified atom stereocenters. The zero-order valence-corrected chi connectivity index (χ0v) is 10.8. The van der Waals surface area contributed by atoms with Gasteiger partial charge < -0.3 is 5.32 Å². The molecule has 0 aromatic rings. The fourth-order valence-electron chi connectivity index (χ4n) is 3.04. The van der Waals surface area contributed by atoms with Gasteiger partial charge in [0.15, 0.2) is 0 Å². The summed E-state index contributed by atoms with van der Waals surface area (Å²) in [5.41, 5.74) is 0.600. The quantitative estimate of drug-likeness (QED) is 0.680. The van der Waals surface area contributed by atoms with E-state index in [0.717, 1.165) is 26.1 Å². The molecule has 0 bridgehead atoms. The van der Waals surface area contributed by atoms with Crippen LogP contribution in [0.3, 0.4) is 0 Å². The Balaban J connectivity index is 1.96. The summed E-state index contributed by atoms with van der Waals surface area (Å²) in [6, 6.07) is 0. The number of nitrogens with one attached hydrogen (secondary N) is 1. The lowest BCUT2D eigenvalue weighted by atomic mass is 9.71. The molecule has 3 nitrogen and oxygen atoms in total. The predicted molar refractivity (Wildman–Crippen MR) is 65.2 cm³/mol. The first kappa shape index (κ1) is 11.9. The maximum Gasteiger partial charge on any atom is 0.220 e. The first-order valence-corrected chi connectivity index (χ1v) is 6.43. The van der Waals surface area contributed by atoms with Crippen LogP contribution in [0.2, 0.25) is 0 Å². The number of hydrogen-bond donors (Lipinski definition) is 1. The van der Waals surface area contributed by atoms with E-state index >= 15 is 0 Å². The maximum atomic E-state index is 11.5. The minimum Gasteiger partial charge on any atom is -0.356 e. The summed E-state index contributed by atoms with van der Waals surface area (Å²) in [7, 11) is 0. The highest BCUT2D eigenvalue weighted by atomic mass is 16.1. The lowest BCUT2D eigenvalue weighted by molar-refractivity contribution is -0.127. The van der Waals surface area contributed by atoms with Crippen LogP contribution in [0.15, 0.2) is 0 Å². The average Bonchev–Trinajstić information content (AvgIpc) is 2.16. The number of piperidine rings is 2. The van der Waals surface area contributed by atoms with E-state index in [9.17, 15) is 4.79 Å². The fourth-order valence-corrected chi connectivity index (χ4v) is 3.04. The van der Waals surface area contributed by atoms with Crippen molar-refractivity contribution in [1.29, 1.82) is 0 Å². The number of rotatable bonds is 0. The molecule has 0 saturated carbocycles. The molecule has 1 spiro atoms. The molecule has 16 heavy (non-hydrogen) atoms. The van der Waals surface area contributed by atoms with Crippen molar-refractivity contribution in [2.75, 3.05) is 19.6 Å². The topological polar surface area (TPSA) is 32.3 Å². The van der Waals surface area contributed by atoms with E-state index in [1.165, 1.54) is 19.3 Å². The number of hydrogen-bond acceptors (Lipinski definition) is 2. The van der Waals surface area contributed by atoms with Crippen molar-refractivity contribution in [2.24, 2.45) is 5.41 Å². The summed E-state index contributed by atoms with van der Waals surface area (Å²) >= 11 is 0. The molecule has 1 amide bonds. The second kappa shape index (κ2) is 4.02. The lowest BCUT2D eigenvalue weighted by Gasteiger charge is -2.47. The van der Waals surface area contributed by atoms with Gasteiger partial charge in [0, 0.05) is 18.5 Å². The molecule has 92 valence electrons. The van der Waals surface area contributed by atoms with Gasteiger partial charge in [0.05, 0.1) is 0 Å². The third-order valence-corrected chi connectivity index (χ3v) is 4.29. The number of carbonyl (C=O) groups is 1. The smallest absolute Gasteiger partial charge is 0.220 e. The van der Waals surface area contributed by atoms with Gasteiger partial charge >= 0.3 is 0 Å². The van der Waals surface area contributed by atoms with Crippen molar-refractivity contribution in [3.8, 4) is 0 Å². The van der Waals surface area contributed by atoms with Crippen LogP contribution >= 0.6 is 0 Å². The largest absolute Gasteiger partial charge is 0.356 e. The van der Waals surface area contributed by atoms with Gasteiger partial charge in [-0.2, -0.15) is 0 Å². The Morgan fingerprint density at radius 1 is 1.19 bits per heavy atom. The average molecular weight is 224 g/mol. The predicted octanol–water partition coefficient (Wildman–Crippen LogP) is 1.78. The zero-order chi connectivity index (χ0) is 11.8. The van der Waals surface area contributed by atoms with Gasteiger partial charge in [0.2, 0.25) is 5.91 Å². The Kier molecular flexibility index (Phi) is 2.99. The van der Waals surface area contributed by atoms with Crippen LogP contribution in [0.25, 0.3) is 0 Å². The molecule has 0 radical (unpaired) electrons. The zero-order valence-electron chi connectivity index (χ0n) is 10.8. The SMILES string of the molecule is CC(C)(C)N1CCC2(CCNC(=O)C2)CC1. The lowest BCUT2D eigenvalue weighted by Crippen LogP contribution is -2.52. The molecule has 2 fully saturated rings. The van der Waals surface area contributed by atoms with Crippen LogP contribution < -0.4 is 5.32 Å². The van der Waals surface area contributed by atoms with Crippen LogP contribution in [0, 0.1) is 5.41 Å². The molecular formula is C13H24N2O. The first-order chi connectivity index (χ1) is 7.41. The number of nitrogens with zero attached hydrogens (tertiary/aromatic N) is 1. The Bertz CT molecular complexity index is 272. The van der Waals surface area contributed by atoms with Crippen LogP contribution in [-0.2, 0) is 4.79 Å². The van der Waals surface area contributed by atoms with Crippen molar-refractivity contribution in [3.05, 3.63) is 0 Å². The van der Waals surface area contributed by atoms with Crippen molar-refractivity contribution in [3.63, 3.8) is 0 Å². The molecule has 3 heteroatoms. The maximum absolute atomic E-state index is 11.5. The minimum atomic E-state index is 0.260. The molecular weight excluding hydrogens is 200 g/mol. The highest BCUT2D eigenvalue weighted by Crippen LogP contribution is 2.41. The van der Waals surface area contributed by atoms with Crippen molar-refractivity contribution >= 4 is 5.91 Å². The van der Waals surface area contributed by atoms with Gasteiger partial charge in [-0.15, -0.1) is 0 Å². The highest BCUT2D eigenvalue weighted by Gasteiger charge is 2.40. The van der Waals surface area contributed by atoms with Gasteiger partial charge in [0.25, 0.3) is 0 Å². The third kappa shape index (κ3) is 2.40. The third-order valence-electron chi connectivity index (χ3n) is 4.29. The number of carbonyl (C=O) groups excluding carboxylic acids is 1. The summed E-state index contributed by atoms with van der Waals surface area (Å²) in [6.07, 6.45) is 4.32. The molecule has 2 saturated heterocycles. The van der Waals surface area contributed by atoms with Gasteiger partial charge in [-0.25, -0.2) is 0 Å². The Morgan fingerprint density at radius 3 is 2.31 bits per heavy atom. The van der Waals surface area contributed by atoms with Gasteiger partial charge in [-0.3, -0.25) is 9.69 Å². The normalized spacial score (nSPS) is 26.8. The van der Waals surface area contributed by atoms with E-state index in [2.05, 4.69) is 31.0 Å². The Morgan fingerprint density at radius 2 is 1.81 bits per heavy atom. The van der Waals surface area contributed by atoms with Crippen LogP contribution in [0.1, 0.15) is 46.5 Å². The van der Waals surface area contributed by atoms with Gasteiger partial charge in [-0.05, 0) is 58.5 Å². The van der Waals surface area contributed by atoms with E-state index in [1.807, 2.05) is 0 Å². The molecule has 1 N–H and O–H groups in total. The summed E-state index contributed by atoms with van der Waals surface area (Å²) < 4.78 is 0. The molecule has 2 aliphatic rings. The first-order valence-electron chi connectivity index (χ1n) is 6.43. The minimum absolute atomic E-state index is 0.260. The molecule has 0 aromatic carbocycles. The highest BCUT2D eigenvalue weighted by molar-refractivity contribution is 5.77.